The average Bonchev–Trinajstić information content (AvgIpc) is 3.89. The van der Waals surface area contributed by atoms with E-state index in [0.717, 1.165) is 21.1 Å². The molecule has 0 atom stereocenters. The smallest absolute Gasteiger partial charge is 0.0541 e. The number of halogens is 3. The third-order valence-corrected chi connectivity index (χ3v) is 13.6. The Morgan fingerprint density at radius 1 is 0.333 bits per heavy atom. The summed E-state index contributed by atoms with van der Waals surface area (Å²) in [5.74, 6) is 0. The second kappa shape index (κ2) is 20.5. The largest absolute Gasteiger partial charge is 0.309 e. The highest BCUT2D eigenvalue weighted by atomic mass is 127. The van der Waals surface area contributed by atoms with Crippen LogP contribution >= 0.6 is 54.5 Å². The van der Waals surface area contributed by atoms with Gasteiger partial charge in [-0.3, -0.25) is 0 Å². The number of rotatable bonds is 5. The minimum atomic E-state index is 0. The van der Waals surface area contributed by atoms with Crippen molar-refractivity contribution in [1.29, 1.82) is 0 Å². The Bertz CT molecular complexity index is 3220. The molecule has 0 N–H and O–H groups in total. The van der Waals surface area contributed by atoms with Crippen LogP contribution in [0.25, 0.3) is 83.1 Å². The summed E-state index contributed by atoms with van der Waals surface area (Å²) >= 11 is 9.28. The fraction of sp³-hybridized carbons (Fsp3) is 0.0323. The fourth-order valence-corrected chi connectivity index (χ4v) is 10.5. The average molecular weight is 1090 g/mol. The predicted molar refractivity (Wildman–Crippen MR) is 298 cm³/mol. The molecule has 1 aliphatic rings. The number of hydrogen-bond donors (Lipinski definition) is 0. The van der Waals surface area contributed by atoms with Crippen molar-refractivity contribution in [2.75, 3.05) is 0 Å². The lowest BCUT2D eigenvalue weighted by molar-refractivity contribution is 1.18. The van der Waals surface area contributed by atoms with Crippen LogP contribution in [0.1, 0.15) is 18.6 Å². The van der Waals surface area contributed by atoms with Gasteiger partial charge in [0, 0.05) is 29.0 Å². The lowest BCUT2D eigenvalue weighted by atomic mass is 9.96. The molecule has 0 radical (unpaired) electrons. The molecule has 0 aliphatic heterocycles. The molecular formula is C62H46Br2IN. The van der Waals surface area contributed by atoms with Crippen LogP contribution in [0.3, 0.4) is 0 Å². The van der Waals surface area contributed by atoms with Crippen LogP contribution in [-0.4, -0.2) is 4.57 Å². The molecule has 0 saturated carbocycles. The van der Waals surface area contributed by atoms with E-state index in [4.69, 9.17) is 0 Å². The van der Waals surface area contributed by atoms with Crippen molar-refractivity contribution < 1.29 is 0 Å². The summed E-state index contributed by atoms with van der Waals surface area (Å²) in [6.45, 7) is 0. The van der Waals surface area contributed by atoms with Crippen LogP contribution in [-0.2, 0) is 6.42 Å². The number of aromatic nitrogens is 1. The van der Waals surface area contributed by atoms with Crippen LogP contribution in [0.5, 0.6) is 0 Å². The molecule has 10 aromatic carbocycles. The molecule has 1 nitrogen and oxygen atoms in total. The van der Waals surface area contributed by atoms with Crippen LogP contribution in [0, 0.1) is 3.57 Å². The van der Waals surface area contributed by atoms with E-state index in [2.05, 4.69) is 290 Å². The zero-order valence-electron chi connectivity index (χ0n) is 35.4. The van der Waals surface area contributed by atoms with Gasteiger partial charge < -0.3 is 4.57 Å². The molecule has 12 rings (SSSR count). The first-order valence-electron chi connectivity index (χ1n) is 21.7. The normalized spacial score (nSPS) is 11.1. The first-order valence-corrected chi connectivity index (χ1v) is 24.3. The summed E-state index contributed by atoms with van der Waals surface area (Å²) in [7, 11) is 0. The third-order valence-electron chi connectivity index (χ3n) is 11.9. The molecule has 1 aliphatic carbocycles. The minimum absolute atomic E-state index is 0. The molecule has 0 fully saturated rings. The molecular weight excluding hydrogens is 1050 g/mol. The maximum absolute atomic E-state index is 3.65. The maximum Gasteiger partial charge on any atom is 0.0541 e. The van der Waals surface area contributed by atoms with E-state index >= 15 is 0 Å². The number of hydrogen-bond acceptors (Lipinski definition) is 0. The van der Waals surface area contributed by atoms with Crippen molar-refractivity contribution >= 4 is 76.3 Å². The van der Waals surface area contributed by atoms with Gasteiger partial charge in [-0.05, 0) is 169 Å². The van der Waals surface area contributed by atoms with Gasteiger partial charge in [0.1, 0.15) is 0 Å². The van der Waals surface area contributed by atoms with E-state index in [9.17, 15) is 0 Å². The van der Waals surface area contributed by atoms with Gasteiger partial charge in [-0.2, -0.15) is 0 Å². The summed E-state index contributed by atoms with van der Waals surface area (Å²) in [5, 5.41) is 2.53. The monoisotopic (exact) mass is 1090 g/mol. The van der Waals surface area contributed by atoms with Crippen molar-refractivity contribution in [3.05, 3.63) is 266 Å². The van der Waals surface area contributed by atoms with E-state index < -0.39 is 0 Å². The molecule has 0 spiro atoms. The highest BCUT2D eigenvalue weighted by Gasteiger charge is 2.20. The highest BCUT2D eigenvalue weighted by molar-refractivity contribution is 14.1. The van der Waals surface area contributed by atoms with E-state index in [1.165, 1.54) is 92.1 Å². The first kappa shape index (κ1) is 44.9. The Hall–Kier alpha value is -6.31. The standard InChI is InChI=1S/C30H20BrN.C25H18.C6H4BrI.CH4/c31-25-12-7-13-26(20-25)32-29-16-14-23(21-8-3-1-4-9-21)18-27(29)28-19-24(15-17-30(28)32)22-10-5-2-6-11-22;1-3-7-18(8-4-1)20-11-13-22-15-23-14-12-21(17-25(23)24(22)16-20)19-9-5-2-6-10-19;7-5-2-1-3-6(8)4-5;/h1-20H;1-14,16-17H,15H2;1-4H;1H4. The quantitative estimate of drug-likeness (QED) is 0.151. The summed E-state index contributed by atoms with van der Waals surface area (Å²) < 4.78 is 5.84. The Balaban J connectivity index is 0.000000143. The molecule has 66 heavy (non-hydrogen) atoms. The third kappa shape index (κ3) is 9.78. The second-order valence-electron chi connectivity index (χ2n) is 16.1. The van der Waals surface area contributed by atoms with E-state index in [-0.39, 0.29) is 7.43 Å². The second-order valence-corrected chi connectivity index (χ2v) is 19.2. The summed E-state index contributed by atoms with van der Waals surface area (Å²) in [6.07, 6.45) is 1.04. The van der Waals surface area contributed by atoms with Gasteiger partial charge in [0.15, 0.2) is 0 Å². The minimum Gasteiger partial charge on any atom is -0.309 e. The van der Waals surface area contributed by atoms with E-state index in [1.807, 2.05) is 12.1 Å². The topological polar surface area (TPSA) is 4.93 Å². The van der Waals surface area contributed by atoms with Crippen molar-refractivity contribution in [3.8, 4) is 61.3 Å². The Morgan fingerprint density at radius 3 is 1.09 bits per heavy atom. The van der Waals surface area contributed by atoms with Gasteiger partial charge >= 0.3 is 0 Å². The highest BCUT2D eigenvalue weighted by Crippen LogP contribution is 2.41. The molecule has 0 unspecified atom stereocenters. The summed E-state index contributed by atoms with van der Waals surface area (Å²) in [5.41, 5.74) is 19.3. The summed E-state index contributed by atoms with van der Waals surface area (Å²) in [6, 6.07) is 86.5. The van der Waals surface area contributed by atoms with Crippen molar-refractivity contribution in [2.45, 2.75) is 13.8 Å². The van der Waals surface area contributed by atoms with Gasteiger partial charge in [0.2, 0.25) is 0 Å². The van der Waals surface area contributed by atoms with Crippen LogP contribution in [0.15, 0.2) is 252 Å². The lowest BCUT2D eigenvalue weighted by Gasteiger charge is -2.09. The SMILES string of the molecule is Brc1cccc(-n2c3ccc(-c4ccccc4)cc3c3cc(-c4ccccc4)ccc32)c1.Brc1cccc(I)c1.C.c1ccc(-c2ccc3c(c2)-c2cc(-c4ccccc4)ccc2C3)cc1. The number of fused-ring (bicyclic) bond motifs is 6. The number of benzene rings is 10. The predicted octanol–water partition coefficient (Wildman–Crippen LogP) is 19.2. The zero-order chi connectivity index (χ0) is 44.1. The van der Waals surface area contributed by atoms with Gasteiger partial charge in [0.25, 0.3) is 0 Å². The Morgan fingerprint density at radius 2 is 0.712 bits per heavy atom. The van der Waals surface area contributed by atoms with Crippen molar-refractivity contribution in [1.82, 2.24) is 4.57 Å². The lowest BCUT2D eigenvalue weighted by Crippen LogP contribution is -1.93. The molecule has 320 valence electrons. The van der Waals surface area contributed by atoms with Gasteiger partial charge in [-0.15, -0.1) is 0 Å². The molecule has 1 heterocycles. The Kier molecular flexibility index (Phi) is 13.9. The van der Waals surface area contributed by atoms with Crippen molar-refractivity contribution in [2.24, 2.45) is 0 Å². The molecule has 0 saturated heterocycles. The van der Waals surface area contributed by atoms with E-state index in [0.29, 0.717) is 0 Å². The van der Waals surface area contributed by atoms with Crippen molar-refractivity contribution in [3.63, 3.8) is 0 Å². The summed E-state index contributed by atoms with van der Waals surface area (Å²) in [4.78, 5) is 0. The first-order chi connectivity index (χ1) is 31.9. The van der Waals surface area contributed by atoms with Gasteiger partial charge in [0.05, 0.1) is 11.0 Å². The van der Waals surface area contributed by atoms with Crippen LogP contribution < -0.4 is 0 Å². The Labute approximate surface area is 418 Å². The van der Waals surface area contributed by atoms with Gasteiger partial charge in [-0.1, -0.05) is 209 Å². The fourth-order valence-electron chi connectivity index (χ4n) is 8.79. The van der Waals surface area contributed by atoms with Crippen LogP contribution in [0.4, 0.5) is 0 Å². The molecule has 4 heteroatoms. The zero-order valence-corrected chi connectivity index (χ0v) is 40.7. The molecule has 0 amide bonds. The molecule has 11 aromatic rings. The van der Waals surface area contributed by atoms with Gasteiger partial charge in [-0.25, -0.2) is 0 Å². The van der Waals surface area contributed by atoms with Crippen LogP contribution in [0.2, 0.25) is 0 Å². The number of nitrogens with zero attached hydrogens (tertiary/aromatic N) is 1. The maximum atomic E-state index is 3.65. The molecule has 0 bridgehead atoms. The van der Waals surface area contributed by atoms with E-state index in [1.54, 1.807) is 0 Å². The molecule has 1 aromatic heterocycles.